The van der Waals surface area contributed by atoms with Crippen LogP contribution in [-0.2, 0) is 12.4 Å². The summed E-state index contributed by atoms with van der Waals surface area (Å²) < 4.78 is 86.3. The number of halogens is 6. The Morgan fingerprint density at radius 3 is 1.73 bits per heavy atom. The van der Waals surface area contributed by atoms with E-state index in [4.69, 9.17) is 4.42 Å². The van der Waals surface area contributed by atoms with Crippen molar-refractivity contribution in [2.45, 2.75) is 12.4 Å². The van der Waals surface area contributed by atoms with Crippen molar-refractivity contribution in [3.63, 3.8) is 0 Å². The molecule has 0 fully saturated rings. The molecule has 0 radical (unpaired) electrons. The van der Waals surface area contributed by atoms with E-state index in [0.717, 1.165) is 72.8 Å². The van der Waals surface area contributed by atoms with Crippen LogP contribution in [0.1, 0.15) is 11.1 Å². The Labute approximate surface area is 275 Å². The highest BCUT2D eigenvalue weighted by Crippen LogP contribution is 2.40. The Kier molecular flexibility index (Phi) is 7.03. The molecule has 3 nitrogen and oxygen atoms in total. The van der Waals surface area contributed by atoms with Crippen LogP contribution in [0.3, 0.4) is 0 Å². The first-order valence-corrected chi connectivity index (χ1v) is 15.2. The van der Waals surface area contributed by atoms with Crippen molar-refractivity contribution < 1.29 is 30.8 Å². The molecular weight excluding hydrogens is 638 g/mol. The Morgan fingerprint density at radius 1 is 0.469 bits per heavy atom. The van der Waals surface area contributed by atoms with Crippen molar-refractivity contribution in [2.75, 3.05) is 0 Å². The second-order valence-electron chi connectivity index (χ2n) is 11.7. The molecule has 0 saturated heterocycles. The predicted molar refractivity (Wildman–Crippen MR) is 179 cm³/mol. The van der Waals surface area contributed by atoms with E-state index >= 15 is 0 Å². The first kappa shape index (κ1) is 30.4. The molecule has 3 heterocycles. The van der Waals surface area contributed by atoms with Gasteiger partial charge in [0, 0.05) is 39.7 Å². The van der Waals surface area contributed by atoms with Gasteiger partial charge in [-0.25, -0.2) is 4.98 Å². The number of furan rings is 1. The van der Waals surface area contributed by atoms with Crippen LogP contribution in [0.4, 0.5) is 26.3 Å². The molecule has 0 saturated carbocycles. The summed E-state index contributed by atoms with van der Waals surface area (Å²) in [7, 11) is 0. The van der Waals surface area contributed by atoms with Gasteiger partial charge in [0.05, 0.1) is 16.6 Å². The number of rotatable bonds is 4. The van der Waals surface area contributed by atoms with Gasteiger partial charge in [0.25, 0.3) is 0 Å². The first-order chi connectivity index (χ1) is 23.5. The third kappa shape index (κ3) is 5.67. The molecule has 0 aliphatic heterocycles. The van der Waals surface area contributed by atoms with Gasteiger partial charge < -0.3 is 4.42 Å². The number of benzene rings is 5. The number of fused-ring (bicyclic) bond motifs is 4. The first-order valence-electron chi connectivity index (χ1n) is 15.2. The third-order valence-electron chi connectivity index (χ3n) is 8.63. The van der Waals surface area contributed by atoms with Crippen molar-refractivity contribution >= 4 is 33.0 Å². The normalized spacial score (nSPS) is 12.3. The molecule has 0 aliphatic carbocycles. The summed E-state index contributed by atoms with van der Waals surface area (Å²) in [5.74, 6) is 0. The highest BCUT2D eigenvalue weighted by Gasteiger charge is 2.37. The van der Waals surface area contributed by atoms with Crippen molar-refractivity contribution in [3.05, 3.63) is 145 Å². The fourth-order valence-electron chi connectivity index (χ4n) is 6.14. The Hall–Kier alpha value is -5.96. The van der Waals surface area contributed by atoms with Gasteiger partial charge >= 0.3 is 12.4 Å². The molecular formula is C40H22F6N2O. The van der Waals surface area contributed by atoms with E-state index < -0.39 is 23.5 Å². The molecule has 0 atom stereocenters. The average molecular weight is 661 g/mol. The molecule has 0 N–H and O–H groups in total. The smallest absolute Gasteiger partial charge is 0.416 e. The van der Waals surface area contributed by atoms with Crippen LogP contribution in [0.2, 0.25) is 0 Å². The zero-order chi connectivity index (χ0) is 33.9. The molecule has 0 aliphatic rings. The van der Waals surface area contributed by atoms with E-state index in [0.29, 0.717) is 5.71 Å². The molecule has 240 valence electrons. The lowest BCUT2D eigenvalue weighted by Crippen LogP contribution is -2.11. The van der Waals surface area contributed by atoms with Gasteiger partial charge in [-0.15, -0.1) is 0 Å². The third-order valence-corrected chi connectivity index (χ3v) is 8.63. The van der Waals surface area contributed by atoms with Gasteiger partial charge in [0.1, 0.15) is 5.58 Å². The molecule has 49 heavy (non-hydrogen) atoms. The predicted octanol–water partition coefficient (Wildman–Crippen LogP) is 12.2. The van der Waals surface area contributed by atoms with Crippen molar-refractivity contribution in [1.29, 1.82) is 0 Å². The Bertz CT molecular complexity index is 2480. The number of para-hydroxylation sites is 1. The molecule has 0 unspecified atom stereocenters. The number of alkyl halides is 6. The summed E-state index contributed by atoms with van der Waals surface area (Å²) in [5, 5.41) is 2.88. The van der Waals surface area contributed by atoms with E-state index in [-0.39, 0.29) is 17.2 Å². The SMILES string of the molecule is FC(F)(F)c1cc(-c2ccc(-c3ccc4cc(-c5ccc(-c6cccc7c6oc6ncccc67)cc5)cnc4c3)cc2)cc(C(F)(F)F)c1. The molecule has 8 aromatic rings. The minimum Gasteiger partial charge on any atom is -0.437 e. The van der Waals surface area contributed by atoms with Crippen LogP contribution in [-0.4, -0.2) is 9.97 Å². The van der Waals surface area contributed by atoms with Crippen molar-refractivity contribution in [1.82, 2.24) is 9.97 Å². The minimum atomic E-state index is -4.92. The fourth-order valence-corrected chi connectivity index (χ4v) is 6.14. The van der Waals surface area contributed by atoms with E-state index in [1.54, 1.807) is 24.5 Å². The maximum atomic E-state index is 13.4. The monoisotopic (exact) mass is 660 g/mol. The van der Waals surface area contributed by atoms with Gasteiger partial charge in [0.2, 0.25) is 5.71 Å². The Morgan fingerprint density at radius 2 is 1.06 bits per heavy atom. The van der Waals surface area contributed by atoms with E-state index in [2.05, 4.69) is 9.97 Å². The molecule has 0 bridgehead atoms. The molecule has 0 amide bonds. The molecule has 8 rings (SSSR count). The van der Waals surface area contributed by atoms with E-state index in [1.807, 2.05) is 78.9 Å². The van der Waals surface area contributed by atoms with Crippen LogP contribution in [0, 0.1) is 0 Å². The highest BCUT2D eigenvalue weighted by atomic mass is 19.4. The second-order valence-corrected chi connectivity index (χ2v) is 11.7. The molecule has 5 aromatic carbocycles. The van der Waals surface area contributed by atoms with Gasteiger partial charge in [-0.1, -0.05) is 78.9 Å². The Balaban J connectivity index is 1.06. The van der Waals surface area contributed by atoms with Gasteiger partial charge in [-0.05, 0) is 75.8 Å². The zero-order valence-electron chi connectivity index (χ0n) is 25.3. The maximum Gasteiger partial charge on any atom is 0.416 e. The van der Waals surface area contributed by atoms with E-state index in [1.165, 1.54) is 12.1 Å². The largest absolute Gasteiger partial charge is 0.437 e. The average Bonchev–Trinajstić information content (AvgIpc) is 3.49. The maximum absolute atomic E-state index is 13.4. The van der Waals surface area contributed by atoms with Crippen LogP contribution < -0.4 is 0 Å². The summed E-state index contributed by atoms with van der Waals surface area (Å²) in [6, 6.07) is 33.8. The summed E-state index contributed by atoms with van der Waals surface area (Å²) in [4.78, 5) is 9.04. The second kappa shape index (κ2) is 11.3. The lowest BCUT2D eigenvalue weighted by atomic mass is 9.96. The summed E-state index contributed by atoms with van der Waals surface area (Å²) in [5.41, 5.74) is 4.93. The number of pyridine rings is 2. The highest BCUT2D eigenvalue weighted by molar-refractivity contribution is 6.08. The van der Waals surface area contributed by atoms with E-state index in [9.17, 15) is 26.3 Å². The molecule has 0 spiro atoms. The zero-order valence-corrected chi connectivity index (χ0v) is 25.3. The lowest BCUT2D eigenvalue weighted by Gasteiger charge is -2.14. The van der Waals surface area contributed by atoms with Crippen molar-refractivity contribution in [2.24, 2.45) is 0 Å². The number of hydrogen-bond donors (Lipinski definition) is 0. The standard InChI is InChI=1S/C40H22F6N2O/c41-39(42,43)31-18-29(19-32(21-31)40(44,45)46)24-8-6-23(7-9-24)27-14-15-28-17-30(22-48-36(28)20-27)25-10-12-26(13-11-25)33-3-1-4-34-35-5-2-16-47-38(35)49-37(33)34/h1-22H. The minimum absolute atomic E-state index is 0.128. The number of hydrogen-bond acceptors (Lipinski definition) is 3. The fraction of sp³-hybridized carbons (Fsp3) is 0.0500. The molecule has 9 heteroatoms. The van der Waals surface area contributed by atoms with Crippen LogP contribution in [0.25, 0.3) is 77.5 Å². The number of aromatic nitrogens is 2. The lowest BCUT2D eigenvalue weighted by molar-refractivity contribution is -0.143. The van der Waals surface area contributed by atoms with Crippen LogP contribution >= 0.6 is 0 Å². The quantitative estimate of drug-likeness (QED) is 0.176. The van der Waals surface area contributed by atoms with Crippen LogP contribution in [0.5, 0.6) is 0 Å². The van der Waals surface area contributed by atoms with Gasteiger partial charge in [-0.3, -0.25) is 4.98 Å². The summed E-state index contributed by atoms with van der Waals surface area (Å²) in [6.07, 6.45) is -6.33. The number of nitrogens with zero attached hydrogens (tertiary/aromatic N) is 2. The van der Waals surface area contributed by atoms with Crippen LogP contribution in [0.15, 0.2) is 138 Å². The van der Waals surface area contributed by atoms with Crippen molar-refractivity contribution in [3.8, 4) is 44.5 Å². The van der Waals surface area contributed by atoms with Gasteiger partial charge in [0.15, 0.2) is 0 Å². The summed E-state index contributed by atoms with van der Waals surface area (Å²) >= 11 is 0. The topological polar surface area (TPSA) is 38.9 Å². The summed E-state index contributed by atoms with van der Waals surface area (Å²) in [6.45, 7) is 0. The molecule has 3 aromatic heterocycles. The van der Waals surface area contributed by atoms with Gasteiger partial charge in [-0.2, -0.15) is 26.3 Å².